The number of rotatable bonds is 10. The number of nitrogens with zero attached hydrogens (tertiary/aromatic N) is 3. The number of methoxy groups -OCH3 is 2. The fourth-order valence-electron chi connectivity index (χ4n) is 9.22. The number of carbonyl (C=O) groups is 1. The van der Waals surface area contributed by atoms with Gasteiger partial charge in [0.25, 0.3) is 0 Å². The minimum absolute atomic E-state index is 0.152. The Hall–Kier alpha value is -4.20. The number of esters is 1. The van der Waals surface area contributed by atoms with Crippen molar-refractivity contribution in [3.63, 3.8) is 0 Å². The predicted molar refractivity (Wildman–Crippen MR) is 194 cm³/mol. The second-order valence-electron chi connectivity index (χ2n) is 14.1. The highest BCUT2D eigenvalue weighted by molar-refractivity contribution is 5.92. The lowest BCUT2D eigenvalue weighted by atomic mass is 9.82. The molecule has 0 unspecified atom stereocenters. The molecule has 0 N–H and O–H groups in total. The molecule has 8 rings (SSSR count). The van der Waals surface area contributed by atoms with Crippen molar-refractivity contribution in [2.24, 2.45) is 0 Å². The van der Waals surface area contributed by atoms with Crippen LogP contribution in [0.15, 0.2) is 24.3 Å². The molecule has 3 aromatic carbocycles. The van der Waals surface area contributed by atoms with E-state index in [9.17, 15) is 4.79 Å². The van der Waals surface area contributed by atoms with Crippen molar-refractivity contribution in [1.29, 1.82) is 0 Å². The van der Waals surface area contributed by atoms with Crippen LogP contribution in [-0.4, -0.2) is 66.1 Å². The fraction of sp³-hybridized carbons (Fsp3) is 0.512. The average molecular weight is 665 g/mol. The average Bonchev–Trinajstić information content (AvgIpc) is 3.13. The van der Waals surface area contributed by atoms with Gasteiger partial charge in [-0.05, 0) is 82.6 Å². The van der Waals surface area contributed by atoms with E-state index in [-0.39, 0.29) is 5.97 Å². The Balaban J connectivity index is 1.36. The molecule has 3 aromatic rings. The lowest BCUT2D eigenvalue weighted by Gasteiger charge is -2.39. The molecule has 258 valence electrons. The number of ether oxygens (including phenoxy) is 4. The van der Waals surface area contributed by atoms with Gasteiger partial charge in [0.1, 0.15) is 36.1 Å². The van der Waals surface area contributed by atoms with Crippen LogP contribution in [0, 0.1) is 0 Å². The lowest BCUT2D eigenvalue weighted by molar-refractivity contribution is -0.143. The van der Waals surface area contributed by atoms with Gasteiger partial charge >= 0.3 is 5.97 Å². The van der Waals surface area contributed by atoms with Gasteiger partial charge in [0, 0.05) is 90.2 Å². The molecule has 0 bridgehead atoms. The molecule has 5 heterocycles. The van der Waals surface area contributed by atoms with Crippen LogP contribution in [0.3, 0.4) is 0 Å². The van der Waals surface area contributed by atoms with Gasteiger partial charge in [-0.1, -0.05) is 0 Å². The van der Waals surface area contributed by atoms with Crippen LogP contribution in [0.1, 0.15) is 85.8 Å². The van der Waals surface area contributed by atoms with E-state index < -0.39 is 0 Å². The van der Waals surface area contributed by atoms with Gasteiger partial charge in [-0.2, -0.15) is 0 Å². The minimum atomic E-state index is -0.152. The number of fused-ring (bicyclic) bond motifs is 4. The monoisotopic (exact) mass is 664 g/mol. The number of anilines is 2. The van der Waals surface area contributed by atoms with Crippen molar-refractivity contribution in [1.82, 2.24) is 4.58 Å². The standard InChI is InChI=1S/C41H50N3O5/c1-5-42(17-11-16-36(45)48-6-2)33-25-34(46-3)30(24-35(33)47-4)37-31-22-26-12-7-18-43-20-9-14-28(38(26)43)40(31)49-41-29-15-10-21-44-19-8-13-27(39(29)44)23-32(37)41/h22-25H,5-21H2,1-4H3/q+1. The fourth-order valence-corrected chi connectivity index (χ4v) is 9.22. The Labute approximate surface area is 289 Å². The van der Waals surface area contributed by atoms with Crippen molar-refractivity contribution in [2.45, 2.75) is 78.1 Å². The highest BCUT2D eigenvalue weighted by atomic mass is 16.5. The summed E-state index contributed by atoms with van der Waals surface area (Å²) in [6.45, 7) is 10.4. The third kappa shape index (κ3) is 5.42. The van der Waals surface area contributed by atoms with E-state index in [0.29, 0.717) is 26.0 Å². The van der Waals surface area contributed by atoms with Gasteiger partial charge in [0.05, 0.1) is 32.1 Å². The number of hydrogen-bond acceptors (Lipinski definition) is 7. The Morgan fingerprint density at radius 1 is 0.857 bits per heavy atom. The van der Waals surface area contributed by atoms with E-state index in [4.69, 9.17) is 18.9 Å². The van der Waals surface area contributed by atoms with Crippen molar-refractivity contribution in [3.05, 3.63) is 68.2 Å². The minimum Gasteiger partial charge on any atom is -0.496 e. The molecule has 0 radical (unpaired) electrons. The molecular formula is C41H50N3O5+. The smallest absolute Gasteiger partial charge is 0.305 e. The maximum Gasteiger partial charge on any atom is 0.305 e. The molecule has 0 saturated heterocycles. The zero-order valence-corrected chi connectivity index (χ0v) is 29.7. The van der Waals surface area contributed by atoms with Gasteiger partial charge in [-0.15, -0.1) is 0 Å². The molecule has 0 spiro atoms. The Kier molecular flexibility index (Phi) is 8.67. The van der Waals surface area contributed by atoms with Crippen LogP contribution in [0.25, 0.3) is 5.57 Å². The van der Waals surface area contributed by atoms with Crippen LogP contribution in [0.2, 0.25) is 0 Å². The van der Waals surface area contributed by atoms with Crippen molar-refractivity contribution < 1.29 is 23.7 Å². The summed E-state index contributed by atoms with van der Waals surface area (Å²) >= 11 is 0. The normalized spacial score (nSPS) is 16.9. The van der Waals surface area contributed by atoms with Crippen LogP contribution in [0.5, 0.6) is 23.0 Å². The molecule has 8 heteroatoms. The molecule has 0 fully saturated rings. The number of carbonyl (C=O) groups excluding carboxylic acids is 1. The Morgan fingerprint density at radius 2 is 1.61 bits per heavy atom. The highest BCUT2D eigenvalue weighted by Gasteiger charge is 2.36. The van der Waals surface area contributed by atoms with Crippen LogP contribution in [0.4, 0.5) is 11.4 Å². The number of hydrogen-bond donors (Lipinski definition) is 0. The SMILES string of the molecule is CCOC(=O)CCCN(CC)c1cc(OC)c(C2=c3cc4c5c(c3Oc3c2cc2c6c3CCCN6CCC2)CCC[N+]=5CCC4)cc1OC. The second kappa shape index (κ2) is 13.3. The summed E-state index contributed by atoms with van der Waals surface area (Å²) < 4.78 is 27.5. The first-order valence-corrected chi connectivity index (χ1v) is 18.6. The first-order chi connectivity index (χ1) is 24.0. The number of aryl methyl sites for hydroxylation is 2. The van der Waals surface area contributed by atoms with Gasteiger partial charge in [-0.25, -0.2) is 4.58 Å². The molecular weight excluding hydrogens is 614 g/mol. The van der Waals surface area contributed by atoms with Gasteiger partial charge in [-0.3, -0.25) is 4.79 Å². The first kappa shape index (κ1) is 32.0. The van der Waals surface area contributed by atoms with Gasteiger partial charge < -0.3 is 28.7 Å². The predicted octanol–water partition coefficient (Wildman–Crippen LogP) is 5.31. The molecule has 5 aliphatic heterocycles. The van der Waals surface area contributed by atoms with E-state index in [1.807, 2.05) is 6.92 Å². The topological polar surface area (TPSA) is 63.5 Å². The Bertz CT molecular complexity index is 1940. The maximum atomic E-state index is 12.1. The van der Waals surface area contributed by atoms with Crippen molar-refractivity contribution >= 4 is 22.9 Å². The third-order valence-corrected chi connectivity index (χ3v) is 11.3. The summed E-state index contributed by atoms with van der Waals surface area (Å²) in [5.41, 5.74) is 11.4. The molecule has 0 aliphatic carbocycles. The van der Waals surface area contributed by atoms with E-state index in [0.717, 1.165) is 105 Å². The Morgan fingerprint density at radius 3 is 2.39 bits per heavy atom. The highest BCUT2D eigenvalue weighted by Crippen LogP contribution is 2.50. The molecule has 0 amide bonds. The van der Waals surface area contributed by atoms with Crippen LogP contribution >= 0.6 is 0 Å². The summed E-state index contributed by atoms with van der Waals surface area (Å²) in [6.07, 6.45) is 10.00. The summed E-state index contributed by atoms with van der Waals surface area (Å²) in [5.74, 6) is 3.54. The van der Waals surface area contributed by atoms with Gasteiger partial charge in [0.2, 0.25) is 5.36 Å². The number of benzene rings is 3. The van der Waals surface area contributed by atoms with Crippen molar-refractivity contribution in [2.75, 3.05) is 69.9 Å². The summed E-state index contributed by atoms with van der Waals surface area (Å²) in [4.78, 5) is 17.0. The zero-order chi connectivity index (χ0) is 33.6. The van der Waals surface area contributed by atoms with Crippen molar-refractivity contribution in [3.8, 4) is 23.0 Å². The molecule has 5 aliphatic rings. The maximum absolute atomic E-state index is 12.1. The van der Waals surface area contributed by atoms with Crippen LogP contribution < -0.4 is 39.2 Å². The first-order valence-electron chi connectivity index (χ1n) is 18.6. The zero-order valence-electron chi connectivity index (χ0n) is 29.7. The van der Waals surface area contributed by atoms with E-state index >= 15 is 0 Å². The second-order valence-corrected chi connectivity index (χ2v) is 14.1. The molecule has 0 saturated carbocycles. The summed E-state index contributed by atoms with van der Waals surface area (Å²) in [6, 6.07) is 9.20. The molecule has 49 heavy (non-hydrogen) atoms. The van der Waals surface area contributed by atoms with Gasteiger partial charge in [0.15, 0.2) is 0 Å². The van der Waals surface area contributed by atoms with E-state index in [2.05, 4.69) is 45.6 Å². The third-order valence-electron chi connectivity index (χ3n) is 11.3. The lowest BCUT2D eigenvalue weighted by Crippen LogP contribution is -2.45. The molecule has 0 atom stereocenters. The van der Waals surface area contributed by atoms with E-state index in [1.165, 1.54) is 62.5 Å². The largest absolute Gasteiger partial charge is 0.496 e. The summed E-state index contributed by atoms with van der Waals surface area (Å²) in [5, 5.41) is 2.60. The van der Waals surface area contributed by atoms with Crippen LogP contribution in [-0.2, 0) is 35.2 Å². The molecule has 0 aromatic heterocycles. The molecule has 8 nitrogen and oxygen atoms in total. The van der Waals surface area contributed by atoms with E-state index in [1.54, 1.807) is 14.2 Å². The summed E-state index contributed by atoms with van der Waals surface area (Å²) in [7, 11) is 3.53. The quantitative estimate of drug-likeness (QED) is 0.168.